The molecule has 1 aliphatic rings. The number of benzene rings is 2. The van der Waals surface area contributed by atoms with Crippen molar-refractivity contribution < 1.29 is 18.9 Å². The molecule has 2 heterocycles. The summed E-state index contributed by atoms with van der Waals surface area (Å²) in [5, 5.41) is 6.27. The van der Waals surface area contributed by atoms with E-state index >= 15 is 0 Å². The van der Waals surface area contributed by atoms with E-state index in [4.69, 9.17) is 9.84 Å². The Bertz CT molecular complexity index is 1120. The number of ketones is 1. The van der Waals surface area contributed by atoms with Gasteiger partial charge in [-0.3, -0.25) is 9.59 Å². The molecule has 1 atom stereocenters. The maximum atomic E-state index is 13.3. The van der Waals surface area contributed by atoms with Crippen LogP contribution in [0.25, 0.3) is 0 Å². The molecule has 31 heavy (non-hydrogen) atoms. The van der Waals surface area contributed by atoms with Crippen LogP contribution in [0.1, 0.15) is 40.9 Å². The minimum atomic E-state index is -0.204. The van der Waals surface area contributed by atoms with Gasteiger partial charge in [0.15, 0.2) is 18.2 Å². The summed E-state index contributed by atoms with van der Waals surface area (Å²) in [7, 11) is 1.63. The topological polar surface area (TPSA) is 62.9 Å². The molecule has 0 saturated heterocycles. The minimum absolute atomic E-state index is 0.0385. The Morgan fingerprint density at radius 1 is 1.06 bits per heavy atom. The number of hydrogen-bond acceptors (Lipinski definition) is 4. The fraction of sp³-hybridized carbons (Fsp3) is 0.200. The van der Waals surface area contributed by atoms with E-state index in [-0.39, 0.29) is 24.3 Å². The van der Waals surface area contributed by atoms with Gasteiger partial charge in [-0.05, 0) is 36.2 Å². The lowest BCUT2D eigenvalue weighted by atomic mass is 9.98. The number of amides is 1. The molecule has 0 unspecified atom stereocenters. The third-order valence-electron chi connectivity index (χ3n) is 5.36. The van der Waals surface area contributed by atoms with E-state index in [1.165, 1.54) is 6.92 Å². The summed E-state index contributed by atoms with van der Waals surface area (Å²) in [6.07, 6.45) is 4.10. The fourth-order valence-corrected chi connectivity index (χ4v) is 3.69. The van der Waals surface area contributed by atoms with E-state index in [0.29, 0.717) is 12.0 Å². The van der Waals surface area contributed by atoms with Crippen molar-refractivity contribution in [1.82, 2.24) is 5.01 Å². The van der Waals surface area contributed by atoms with Crippen molar-refractivity contribution in [2.45, 2.75) is 25.9 Å². The van der Waals surface area contributed by atoms with E-state index in [1.807, 2.05) is 54.6 Å². The fourth-order valence-electron chi connectivity index (χ4n) is 3.69. The molecule has 0 saturated carbocycles. The van der Waals surface area contributed by atoms with Crippen LogP contribution in [0.4, 0.5) is 0 Å². The van der Waals surface area contributed by atoms with Crippen molar-refractivity contribution in [3.63, 3.8) is 0 Å². The molecule has 6 heteroatoms. The number of rotatable bonds is 6. The average molecular weight is 414 g/mol. The molecule has 6 nitrogen and oxygen atoms in total. The van der Waals surface area contributed by atoms with Crippen LogP contribution in [-0.4, -0.2) is 29.5 Å². The third kappa shape index (κ3) is 4.53. The number of carbonyl (C=O) groups is 2. The average Bonchev–Trinajstić information content (AvgIpc) is 3.25. The molecule has 1 aliphatic heterocycles. The van der Waals surface area contributed by atoms with Gasteiger partial charge in [-0.15, -0.1) is 0 Å². The molecule has 1 aromatic heterocycles. The van der Waals surface area contributed by atoms with Crippen molar-refractivity contribution in [2.75, 3.05) is 7.11 Å². The molecule has 3 aromatic rings. The quantitative estimate of drug-likeness (QED) is 0.458. The van der Waals surface area contributed by atoms with E-state index in [9.17, 15) is 9.59 Å². The van der Waals surface area contributed by atoms with E-state index in [0.717, 1.165) is 22.6 Å². The standard InChI is InChI=1S/C25H24N3O3/c1-18(29)21-9-6-14-27(16-21)17-25(30)28-24(20-10-12-22(31-2)13-11-20)15-23(26-28)19-7-4-3-5-8-19/h3-14,16,24H,15,17H2,1-2H3/q+1/t24-/m0/s1. The maximum Gasteiger partial charge on any atom is 0.309 e. The molecule has 0 bridgehead atoms. The number of carbonyl (C=O) groups excluding carboxylic acids is 2. The number of hydrazone groups is 1. The Kier molecular flexibility index (Phi) is 5.89. The number of ether oxygens (including phenoxy) is 1. The largest absolute Gasteiger partial charge is 0.497 e. The normalized spacial score (nSPS) is 15.5. The van der Waals surface area contributed by atoms with Crippen molar-refractivity contribution >= 4 is 17.4 Å². The maximum absolute atomic E-state index is 13.3. The summed E-state index contributed by atoms with van der Waals surface area (Å²) in [5.74, 6) is 0.585. The smallest absolute Gasteiger partial charge is 0.309 e. The van der Waals surface area contributed by atoms with Gasteiger partial charge in [-0.25, -0.2) is 5.01 Å². The summed E-state index contributed by atoms with van der Waals surface area (Å²) in [4.78, 5) is 25.0. The molecular weight excluding hydrogens is 390 g/mol. The lowest BCUT2D eigenvalue weighted by molar-refractivity contribution is -0.685. The first-order valence-electron chi connectivity index (χ1n) is 10.1. The van der Waals surface area contributed by atoms with Gasteiger partial charge >= 0.3 is 5.91 Å². The second-order valence-corrected chi connectivity index (χ2v) is 7.47. The Morgan fingerprint density at radius 3 is 2.48 bits per heavy atom. The van der Waals surface area contributed by atoms with Crippen LogP contribution in [-0.2, 0) is 11.3 Å². The van der Waals surface area contributed by atoms with Crippen LogP contribution in [0.5, 0.6) is 5.75 Å². The molecule has 0 fully saturated rings. The lowest BCUT2D eigenvalue weighted by Gasteiger charge is -2.21. The number of aromatic nitrogens is 1. The molecule has 4 rings (SSSR count). The second kappa shape index (κ2) is 8.92. The first-order chi connectivity index (χ1) is 15.0. The highest BCUT2D eigenvalue weighted by Crippen LogP contribution is 2.33. The zero-order chi connectivity index (χ0) is 21.8. The zero-order valence-corrected chi connectivity index (χ0v) is 17.6. The van der Waals surface area contributed by atoms with Crippen LogP contribution < -0.4 is 9.30 Å². The summed E-state index contributed by atoms with van der Waals surface area (Å²) in [5.41, 5.74) is 3.43. The highest BCUT2D eigenvalue weighted by Gasteiger charge is 2.34. The molecule has 1 amide bonds. The molecular formula is C25H24N3O3+. The molecule has 0 radical (unpaired) electrons. The van der Waals surface area contributed by atoms with Crippen LogP contribution >= 0.6 is 0 Å². The van der Waals surface area contributed by atoms with Crippen molar-refractivity contribution in [3.8, 4) is 5.75 Å². The number of Topliss-reactive ketones (excluding diaryl/α,β-unsaturated/α-hetero) is 1. The predicted molar refractivity (Wildman–Crippen MR) is 117 cm³/mol. The summed E-state index contributed by atoms with van der Waals surface area (Å²) >= 11 is 0. The lowest BCUT2D eigenvalue weighted by Crippen LogP contribution is -2.43. The van der Waals surface area contributed by atoms with Crippen LogP contribution in [0.15, 0.2) is 84.2 Å². The zero-order valence-electron chi connectivity index (χ0n) is 17.6. The summed E-state index contributed by atoms with van der Waals surface area (Å²) in [6, 6.07) is 20.9. The monoisotopic (exact) mass is 414 g/mol. The van der Waals surface area contributed by atoms with Crippen LogP contribution in [0.3, 0.4) is 0 Å². The van der Waals surface area contributed by atoms with E-state index in [1.54, 1.807) is 41.2 Å². The molecule has 156 valence electrons. The van der Waals surface area contributed by atoms with Crippen LogP contribution in [0.2, 0.25) is 0 Å². The van der Waals surface area contributed by atoms with Gasteiger partial charge in [0.1, 0.15) is 5.75 Å². The molecule has 2 aromatic carbocycles. The van der Waals surface area contributed by atoms with Gasteiger partial charge in [-0.2, -0.15) is 9.67 Å². The van der Waals surface area contributed by atoms with Crippen molar-refractivity contribution in [3.05, 3.63) is 95.8 Å². The Morgan fingerprint density at radius 2 is 1.81 bits per heavy atom. The Hall–Kier alpha value is -3.80. The Balaban J connectivity index is 1.64. The highest BCUT2D eigenvalue weighted by molar-refractivity contribution is 6.03. The number of hydrogen-bond donors (Lipinski definition) is 0. The number of methoxy groups -OCH3 is 1. The number of nitrogens with zero attached hydrogens (tertiary/aromatic N) is 3. The van der Waals surface area contributed by atoms with Gasteiger partial charge in [0.05, 0.1) is 24.4 Å². The summed E-state index contributed by atoms with van der Waals surface area (Å²) < 4.78 is 6.99. The van der Waals surface area contributed by atoms with Crippen molar-refractivity contribution in [2.24, 2.45) is 5.10 Å². The Labute approximate surface area is 181 Å². The van der Waals surface area contributed by atoms with E-state index in [2.05, 4.69) is 0 Å². The van der Waals surface area contributed by atoms with Gasteiger partial charge in [0, 0.05) is 12.5 Å². The van der Waals surface area contributed by atoms with Gasteiger partial charge in [0.2, 0.25) is 6.54 Å². The highest BCUT2D eigenvalue weighted by atomic mass is 16.5. The second-order valence-electron chi connectivity index (χ2n) is 7.47. The molecule has 0 aliphatic carbocycles. The first-order valence-corrected chi connectivity index (χ1v) is 10.1. The van der Waals surface area contributed by atoms with E-state index < -0.39 is 0 Å². The SMILES string of the molecule is COc1ccc([C@@H]2CC(c3ccccc3)=NN2C(=O)C[n+]2cccc(C(C)=O)c2)cc1. The molecule has 0 N–H and O–H groups in total. The number of pyridine rings is 1. The minimum Gasteiger partial charge on any atom is -0.497 e. The predicted octanol–water partition coefficient (Wildman–Crippen LogP) is 3.56. The van der Waals surface area contributed by atoms with Crippen LogP contribution in [0, 0.1) is 0 Å². The van der Waals surface area contributed by atoms with Gasteiger partial charge in [0.25, 0.3) is 0 Å². The van der Waals surface area contributed by atoms with Crippen molar-refractivity contribution in [1.29, 1.82) is 0 Å². The third-order valence-corrected chi connectivity index (χ3v) is 5.36. The summed E-state index contributed by atoms with van der Waals surface area (Å²) in [6.45, 7) is 1.61. The van der Waals surface area contributed by atoms with Gasteiger partial charge in [-0.1, -0.05) is 42.5 Å². The first kappa shape index (κ1) is 20.5. The molecule has 0 spiro atoms. The van der Waals surface area contributed by atoms with Gasteiger partial charge < -0.3 is 4.74 Å².